The van der Waals surface area contributed by atoms with E-state index in [9.17, 15) is 0 Å². The highest BCUT2D eigenvalue weighted by Crippen LogP contribution is 2.30. The van der Waals surface area contributed by atoms with Crippen molar-refractivity contribution in [1.82, 2.24) is 5.32 Å². The molecule has 0 aliphatic heterocycles. The van der Waals surface area contributed by atoms with E-state index in [0.717, 1.165) is 6.54 Å². The molecule has 1 atom stereocenters. The second-order valence-electron chi connectivity index (χ2n) is 5.80. The van der Waals surface area contributed by atoms with Crippen LogP contribution in [-0.4, -0.2) is 17.5 Å². The molecule has 0 aliphatic carbocycles. The van der Waals surface area contributed by atoms with E-state index in [1.165, 1.54) is 29.2 Å². The first kappa shape index (κ1) is 16.4. The number of nitrogens with one attached hydrogen (secondary N) is 1. The molecule has 21 heavy (non-hydrogen) atoms. The molecule has 1 N–H and O–H groups in total. The van der Waals surface area contributed by atoms with Gasteiger partial charge in [-0.15, -0.1) is 0 Å². The van der Waals surface area contributed by atoms with Crippen molar-refractivity contribution in [2.24, 2.45) is 0 Å². The molecule has 0 aliphatic rings. The fourth-order valence-corrected chi connectivity index (χ4v) is 3.60. The smallest absolute Gasteiger partial charge is 0.0292 e. The molecular weight excluding hydrogens is 274 g/mol. The van der Waals surface area contributed by atoms with E-state index in [4.69, 9.17) is 0 Å². The molecule has 0 radical (unpaired) electrons. The summed E-state index contributed by atoms with van der Waals surface area (Å²) in [4.78, 5) is 0. The first-order valence-electron chi connectivity index (χ1n) is 7.91. The summed E-state index contributed by atoms with van der Waals surface area (Å²) in [5, 5.41) is 6.38. The maximum Gasteiger partial charge on any atom is 0.0292 e. The summed E-state index contributed by atoms with van der Waals surface area (Å²) >= 11 is 1.99. The van der Waals surface area contributed by atoms with Crippen molar-refractivity contribution in [2.75, 3.05) is 12.8 Å². The van der Waals surface area contributed by atoms with Crippen LogP contribution >= 0.6 is 11.8 Å². The van der Waals surface area contributed by atoms with Gasteiger partial charge in [0.05, 0.1) is 0 Å². The Kier molecular flexibility index (Phi) is 5.72. The number of thioether (sulfide) groups is 1. The lowest BCUT2D eigenvalue weighted by molar-refractivity contribution is 0.460. The molecule has 0 fully saturated rings. The van der Waals surface area contributed by atoms with Gasteiger partial charge in [0.15, 0.2) is 0 Å². The number of hydrogen-bond donors (Lipinski definition) is 1. The third-order valence-corrected chi connectivity index (χ3v) is 6.31. The molecule has 114 valence electrons. The fraction of sp³-hybridized carbons (Fsp3) is 0.474. The Hall–Kier alpha value is -0.990. The zero-order valence-electron chi connectivity index (χ0n) is 13.6. The van der Waals surface area contributed by atoms with Crippen LogP contribution in [0.25, 0.3) is 10.8 Å². The summed E-state index contributed by atoms with van der Waals surface area (Å²) in [5.41, 5.74) is 1.37. The van der Waals surface area contributed by atoms with E-state index in [0.29, 0.717) is 10.8 Å². The summed E-state index contributed by atoms with van der Waals surface area (Å²) in [6, 6.07) is 15.7. The third kappa shape index (κ3) is 3.81. The highest BCUT2D eigenvalue weighted by molar-refractivity contribution is 8.00. The van der Waals surface area contributed by atoms with E-state index >= 15 is 0 Å². The van der Waals surface area contributed by atoms with Gasteiger partial charge < -0.3 is 5.32 Å². The molecule has 2 heteroatoms. The van der Waals surface area contributed by atoms with Crippen LogP contribution in [0, 0.1) is 0 Å². The van der Waals surface area contributed by atoms with E-state index < -0.39 is 0 Å². The normalized spacial score (nSPS) is 13.5. The van der Waals surface area contributed by atoms with Gasteiger partial charge in [0, 0.05) is 17.3 Å². The van der Waals surface area contributed by atoms with Crippen molar-refractivity contribution in [1.29, 1.82) is 0 Å². The van der Waals surface area contributed by atoms with Crippen LogP contribution in [0.2, 0.25) is 0 Å². The van der Waals surface area contributed by atoms with Gasteiger partial charge >= 0.3 is 0 Å². The minimum Gasteiger partial charge on any atom is -0.309 e. The van der Waals surface area contributed by atoms with Gasteiger partial charge in [-0.3, -0.25) is 0 Å². The topological polar surface area (TPSA) is 12.0 Å². The highest BCUT2D eigenvalue weighted by Gasteiger charge is 2.25. The monoisotopic (exact) mass is 301 g/mol. The molecule has 0 heterocycles. The predicted octanol–water partition coefficient (Wildman–Crippen LogP) is 5.41. The lowest BCUT2D eigenvalue weighted by Gasteiger charge is -2.31. The second-order valence-corrected chi connectivity index (χ2v) is 7.08. The van der Waals surface area contributed by atoms with Crippen LogP contribution in [0.3, 0.4) is 0 Å². The van der Waals surface area contributed by atoms with Crippen LogP contribution in [0.5, 0.6) is 0 Å². The van der Waals surface area contributed by atoms with Crippen LogP contribution in [-0.2, 0) is 0 Å². The fourth-order valence-electron chi connectivity index (χ4n) is 2.79. The Morgan fingerprint density at radius 3 is 2.33 bits per heavy atom. The van der Waals surface area contributed by atoms with E-state index in [1.54, 1.807) is 0 Å². The number of hydrogen-bond acceptors (Lipinski definition) is 2. The highest BCUT2D eigenvalue weighted by atomic mass is 32.2. The Morgan fingerprint density at radius 2 is 1.71 bits per heavy atom. The molecule has 2 aromatic rings. The Bertz CT molecular complexity index is 566. The lowest BCUT2D eigenvalue weighted by Crippen LogP contribution is -2.37. The molecule has 0 aromatic heterocycles. The Morgan fingerprint density at radius 1 is 1.05 bits per heavy atom. The maximum atomic E-state index is 3.74. The van der Waals surface area contributed by atoms with E-state index in [2.05, 4.69) is 74.8 Å². The van der Waals surface area contributed by atoms with Gasteiger partial charge in [-0.25, -0.2) is 0 Å². The Labute approximate surface area is 133 Å². The molecule has 0 spiro atoms. The summed E-state index contributed by atoms with van der Waals surface area (Å²) < 4.78 is 0.366. The maximum absolute atomic E-state index is 3.74. The van der Waals surface area contributed by atoms with Crippen LogP contribution in [0.4, 0.5) is 0 Å². The van der Waals surface area contributed by atoms with Crippen molar-refractivity contribution >= 4 is 22.5 Å². The second kappa shape index (κ2) is 7.33. The standard InChI is InChI=1S/C19H27NS/c1-5-19(6-2,21-4)14-20-15(3)17-12-11-16-9-7-8-10-18(16)13-17/h7-13,15,20H,5-6,14H2,1-4H3. The minimum atomic E-state index is 0.366. The first-order valence-corrected chi connectivity index (χ1v) is 9.14. The lowest BCUT2D eigenvalue weighted by atomic mass is 9.99. The van der Waals surface area contributed by atoms with Crippen molar-refractivity contribution in [3.8, 4) is 0 Å². The first-order chi connectivity index (χ1) is 10.1. The quantitative estimate of drug-likeness (QED) is 0.733. The number of fused-ring (bicyclic) bond motifs is 1. The van der Waals surface area contributed by atoms with Gasteiger partial charge in [0.1, 0.15) is 0 Å². The molecule has 0 amide bonds. The molecule has 0 saturated heterocycles. The summed E-state index contributed by atoms with van der Waals surface area (Å²) in [6.45, 7) is 7.92. The van der Waals surface area contributed by atoms with Crippen molar-refractivity contribution in [2.45, 2.75) is 44.4 Å². The van der Waals surface area contributed by atoms with Gasteiger partial charge in [-0.05, 0) is 48.4 Å². The summed E-state index contributed by atoms with van der Waals surface area (Å²) in [5.74, 6) is 0. The summed E-state index contributed by atoms with van der Waals surface area (Å²) in [6.07, 6.45) is 4.65. The van der Waals surface area contributed by atoms with Crippen LogP contribution < -0.4 is 5.32 Å². The van der Waals surface area contributed by atoms with Gasteiger partial charge in [0.2, 0.25) is 0 Å². The van der Waals surface area contributed by atoms with Gasteiger partial charge in [0.25, 0.3) is 0 Å². The molecule has 2 aromatic carbocycles. The average molecular weight is 301 g/mol. The van der Waals surface area contributed by atoms with E-state index in [1.807, 2.05) is 11.8 Å². The largest absolute Gasteiger partial charge is 0.309 e. The SMILES string of the molecule is CCC(CC)(CNC(C)c1ccc2ccccc2c1)SC. The Balaban J connectivity index is 2.09. The molecule has 2 rings (SSSR count). The third-order valence-electron chi connectivity index (χ3n) is 4.73. The minimum absolute atomic E-state index is 0.366. The van der Waals surface area contributed by atoms with Crippen LogP contribution in [0.15, 0.2) is 42.5 Å². The number of benzene rings is 2. The average Bonchev–Trinajstić information content (AvgIpc) is 2.56. The zero-order valence-corrected chi connectivity index (χ0v) is 14.5. The summed E-state index contributed by atoms with van der Waals surface area (Å²) in [7, 11) is 0. The van der Waals surface area contributed by atoms with Crippen molar-refractivity contribution < 1.29 is 0 Å². The molecule has 1 nitrogen and oxygen atoms in total. The molecule has 1 unspecified atom stereocenters. The van der Waals surface area contributed by atoms with Gasteiger partial charge in [-0.1, -0.05) is 50.2 Å². The van der Waals surface area contributed by atoms with Crippen molar-refractivity contribution in [3.63, 3.8) is 0 Å². The predicted molar refractivity (Wildman–Crippen MR) is 97.2 cm³/mol. The zero-order chi connectivity index (χ0) is 15.3. The van der Waals surface area contributed by atoms with E-state index in [-0.39, 0.29) is 0 Å². The van der Waals surface area contributed by atoms with Crippen LogP contribution in [0.1, 0.15) is 45.2 Å². The number of rotatable bonds is 7. The molecule has 0 bridgehead atoms. The molecule has 0 saturated carbocycles. The van der Waals surface area contributed by atoms with Crippen molar-refractivity contribution in [3.05, 3.63) is 48.0 Å². The molecular formula is C19H27NS. The van der Waals surface area contributed by atoms with Gasteiger partial charge in [-0.2, -0.15) is 11.8 Å².